The Morgan fingerprint density at radius 2 is 2.04 bits per heavy atom. The van der Waals surface area contributed by atoms with Gasteiger partial charge in [0.25, 0.3) is 5.91 Å². The molecule has 0 radical (unpaired) electrons. The molecule has 0 bridgehead atoms. The van der Waals surface area contributed by atoms with Crippen LogP contribution in [-0.4, -0.2) is 56.3 Å². The van der Waals surface area contributed by atoms with Gasteiger partial charge in [0.2, 0.25) is 0 Å². The topological polar surface area (TPSA) is 42.0 Å². The van der Waals surface area contributed by atoms with Crippen LogP contribution in [0.3, 0.4) is 0 Å². The molecule has 1 fully saturated rings. The summed E-state index contributed by atoms with van der Waals surface area (Å²) in [6.07, 6.45) is 3.75. The maximum Gasteiger partial charge on any atom is 0.265 e. The average Bonchev–Trinajstić information content (AvgIpc) is 2.63. The van der Waals surface area contributed by atoms with Gasteiger partial charge in [-0.1, -0.05) is 19.9 Å². The van der Waals surface area contributed by atoms with Crippen LogP contribution in [0.2, 0.25) is 0 Å². The molecule has 1 atom stereocenters. The first-order chi connectivity index (χ1) is 12.6. The number of amides is 1. The summed E-state index contributed by atoms with van der Waals surface area (Å²) >= 11 is 0. The molecule has 2 heterocycles. The third-order valence-electron chi connectivity index (χ3n) is 5.21. The Morgan fingerprint density at radius 1 is 1.27 bits per heavy atom. The number of carbonyl (C=O) groups excluding carboxylic acids is 1. The molecule has 2 aliphatic heterocycles. The third kappa shape index (κ3) is 4.77. The van der Waals surface area contributed by atoms with Gasteiger partial charge < -0.3 is 19.3 Å². The molecule has 0 N–H and O–H groups in total. The lowest BCUT2D eigenvalue weighted by Gasteiger charge is -2.36. The first-order valence-electron chi connectivity index (χ1n) is 9.94. The maximum absolute atomic E-state index is 12.4. The Hall–Kier alpha value is -1.59. The number of benzene rings is 1. The van der Waals surface area contributed by atoms with Crippen LogP contribution < -0.4 is 9.64 Å². The second-order valence-electron chi connectivity index (χ2n) is 7.74. The first-order valence-corrected chi connectivity index (χ1v) is 9.94. The first kappa shape index (κ1) is 19.2. The standard InChI is InChI=1S/C21H32N2O3/c1-4-11-25-18-7-9-22(10-8-18)13-17(3)14-23-19-12-16(2)5-6-20(19)26-15-21(23)24/h5-6,12,17-18H,4,7-11,13-15H2,1-3H3. The molecule has 5 nitrogen and oxygen atoms in total. The van der Waals surface area contributed by atoms with Crippen LogP contribution in [0.4, 0.5) is 5.69 Å². The Balaban J connectivity index is 1.53. The van der Waals surface area contributed by atoms with Gasteiger partial charge in [-0.05, 0) is 49.8 Å². The molecule has 1 unspecified atom stereocenters. The van der Waals surface area contributed by atoms with Gasteiger partial charge in [-0.25, -0.2) is 0 Å². The molecule has 0 spiro atoms. The van der Waals surface area contributed by atoms with E-state index in [1.807, 2.05) is 24.0 Å². The van der Waals surface area contributed by atoms with Crippen LogP contribution in [-0.2, 0) is 9.53 Å². The Bertz CT molecular complexity index is 611. The normalized spacial score (nSPS) is 20.0. The number of anilines is 1. The van der Waals surface area contributed by atoms with Crippen molar-refractivity contribution in [3.63, 3.8) is 0 Å². The molecule has 1 aromatic rings. The van der Waals surface area contributed by atoms with Gasteiger partial charge >= 0.3 is 0 Å². The smallest absolute Gasteiger partial charge is 0.265 e. The van der Waals surface area contributed by atoms with E-state index in [4.69, 9.17) is 9.47 Å². The second-order valence-corrected chi connectivity index (χ2v) is 7.74. The summed E-state index contributed by atoms with van der Waals surface area (Å²) < 4.78 is 11.5. The highest BCUT2D eigenvalue weighted by atomic mass is 16.5. The van der Waals surface area contributed by atoms with Crippen molar-refractivity contribution < 1.29 is 14.3 Å². The lowest BCUT2D eigenvalue weighted by atomic mass is 10.0. The molecule has 1 amide bonds. The van der Waals surface area contributed by atoms with Crippen molar-refractivity contribution in [1.82, 2.24) is 4.90 Å². The zero-order valence-corrected chi connectivity index (χ0v) is 16.4. The molecule has 3 rings (SSSR count). The van der Waals surface area contributed by atoms with E-state index < -0.39 is 0 Å². The fraction of sp³-hybridized carbons (Fsp3) is 0.667. The van der Waals surface area contributed by atoms with E-state index in [2.05, 4.69) is 24.8 Å². The largest absolute Gasteiger partial charge is 0.482 e. The predicted molar refractivity (Wildman–Crippen MR) is 104 cm³/mol. The van der Waals surface area contributed by atoms with E-state index in [-0.39, 0.29) is 12.5 Å². The third-order valence-corrected chi connectivity index (χ3v) is 5.21. The number of carbonyl (C=O) groups is 1. The minimum Gasteiger partial charge on any atom is -0.482 e. The van der Waals surface area contributed by atoms with E-state index in [1.165, 1.54) is 0 Å². The number of fused-ring (bicyclic) bond motifs is 1. The monoisotopic (exact) mass is 360 g/mol. The molecule has 2 aliphatic rings. The SMILES string of the molecule is CCCOC1CCN(CC(C)CN2C(=O)COc3ccc(C)cc32)CC1. The molecule has 144 valence electrons. The van der Waals surface area contributed by atoms with Crippen molar-refractivity contribution in [1.29, 1.82) is 0 Å². The fourth-order valence-corrected chi connectivity index (χ4v) is 3.87. The lowest BCUT2D eigenvalue weighted by Crippen LogP contribution is -2.45. The molecule has 0 saturated carbocycles. The zero-order valence-electron chi connectivity index (χ0n) is 16.4. The van der Waals surface area contributed by atoms with Gasteiger partial charge in [0.05, 0.1) is 11.8 Å². The van der Waals surface area contributed by atoms with Gasteiger partial charge in [-0.2, -0.15) is 0 Å². The van der Waals surface area contributed by atoms with Crippen LogP contribution in [0, 0.1) is 12.8 Å². The number of hydrogen-bond donors (Lipinski definition) is 0. The highest BCUT2D eigenvalue weighted by Crippen LogP contribution is 2.33. The quantitative estimate of drug-likeness (QED) is 0.749. The number of hydrogen-bond acceptors (Lipinski definition) is 4. The average molecular weight is 360 g/mol. The molecule has 0 aromatic heterocycles. The van der Waals surface area contributed by atoms with Gasteiger partial charge in [0.15, 0.2) is 6.61 Å². The van der Waals surface area contributed by atoms with Crippen LogP contribution in [0.25, 0.3) is 0 Å². The summed E-state index contributed by atoms with van der Waals surface area (Å²) in [6.45, 7) is 11.4. The Morgan fingerprint density at radius 3 is 2.77 bits per heavy atom. The van der Waals surface area contributed by atoms with Crippen molar-refractivity contribution in [3.8, 4) is 5.75 Å². The highest BCUT2D eigenvalue weighted by Gasteiger charge is 2.28. The van der Waals surface area contributed by atoms with Gasteiger partial charge in [-0.15, -0.1) is 0 Å². The number of ether oxygens (including phenoxy) is 2. The number of likely N-dealkylation sites (tertiary alicyclic amines) is 1. The number of aryl methyl sites for hydroxylation is 1. The van der Waals surface area contributed by atoms with E-state index in [0.717, 1.165) is 69.0 Å². The van der Waals surface area contributed by atoms with E-state index in [9.17, 15) is 4.79 Å². The summed E-state index contributed by atoms with van der Waals surface area (Å²) in [5.41, 5.74) is 2.06. The second kappa shape index (κ2) is 8.87. The number of nitrogens with zero attached hydrogens (tertiary/aromatic N) is 2. The van der Waals surface area contributed by atoms with Gasteiger partial charge in [-0.3, -0.25) is 4.79 Å². The van der Waals surface area contributed by atoms with Crippen LogP contribution in [0.1, 0.15) is 38.7 Å². The minimum absolute atomic E-state index is 0.0571. The number of piperidine rings is 1. The Labute approximate surface area is 157 Å². The molecular formula is C21H32N2O3. The fourth-order valence-electron chi connectivity index (χ4n) is 3.87. The molecular weight excluding hydrogens is 328 g/mol. The maximum atomic E-state index is 12.4. The van der Waals surface area contributed by atoms with Crippen molar-refractivity contribution in [2.75, 3.05) is 44.3 Å². The molecule has 26 heavy (non-hydrogen) atoms. The van der Waals surface area contributed by atoms with Crippen molar-refractivity contribution in [2.24, 2.45) is 5.92 Å². The van der Waals surface area contributed by atoms with E-state index >= 15 is 0 Å². The van der Waals surface area contributed by atoms with Crippen molar-refractivity contribution in [2.45, 2.75) is 46.1 Å². The van der Waals surface area contributed by atoms with E-state index in [1.54, 1.807) is 0 Å². The van der Waals surface area contributed by atoms with Gasteiger partial charge in [0.1, 0.15) is 5.75 Å². The molecule has 1 aromatic carbocycles. The van der Waals surface area contributed by atoms with Crippen LogP contribution in [0.5, 0.6) is 5.75 Å². The molecule has 0 aliphatic carbocycles. The summed E-state index contributed by atoms with van der Waals surface area (Å²) in [5, 5.41) is 0. The van der Waals surface area contributed by atoms with Crippen molar-refractivity contribution >= 4 is 11.6 Å². The summed E-state index contributed by atoms with van der Waals surface area (Å²) in [6, 6.07) is 6.05. The van der Waals surface area contributed by atoms with Gasteiger partial charge in [0, 0.05) is 32.8 Å². The number of rotatable bonds is 7. The van der Waals surface area contributed by atoms with Crippen LogP contribution in [0.15, 0.2) is 18.2 Å². The Kier molecular flexibility index (Phi) is 6.54. The molecule has 5 heteroatoms. The predicted octanol–water partition coefficient (Wildman–Crippen LogP) is 3.25. The summed E-state index contributed by atoms with van der Waals surface area (Å²) in [5.74, 6) is 1.29. The van der Waals surface area contributed by atoms with Crippen LogP contribution >= 0.6 is 0 Å². The zero-order chi connectivity index (χ0) is 18.5. The van der Waals surface area contributed by atoms with Crippen molar-refractivity contribution in [3.05, 3.63) is 23.8 Å². The summed E-state index contributed by atoms with van der Waals surface area (Å²) in [4.78, 5) is 16.8. The molecule has 1 saturated heterocycles. The minimum atomic E-state index is 0.0571. The summed E-state index contributed by atoms with van der Waals surface area (Å²) in [7, 11) is 0. The van der Waals surface area contributed by atoms with E-state index in [0.29, 0.717) is 12.0 Å². The highest BCUT2D eigenvalue weighted by molar-refractivity contribution is 5.97. The lowest BCUT2D eigenvalue weighted by molar-refractivity contribution is -0.121.